The highest BCUT2D eigenvalue weighted by molar-refractivity contribution is 8.00. The summed E-state index contributed by atoms with van der Waals surface area (Å²) in [4.78, 5) is 55.4. The lowest BCUT2D eigenvalue weighted by atomic mass is 10.1. The number of nitrogens with zero attached hydrogens (tertiary/aromatic N) is 2. The second-order valence-electron chi connectivity index (χ2n) is 9.03. The van der Waals surface area contributed by atoms with Crippen LogP contribution in [-0.2, 0) is 9.59 Å². The fourth-order valence-electron chi connectivity index (χ4n) is 4.57. The van der Waals surface area contributed by atoms with Gasteiger partial charge >= 0.3 is 5.63 Å². The molecule has 1 fully saturated rings. The molecule has 39 heavy (non-hydrogen) atoms. The maximum absolute atomic E-state index is 13.0. The number of hydrogen-bond acceptors (Lipinski definition) is 7. The van der Waals surface area contributed by atoms with Crippen molar-refractivity contribution in [2.75, 3.05) is 28.2 Å². The number of imide groups is 1. The Labute approximate surface area is 229 Å². The van der Waals surface area contributed by atoms with Crippen molar-refractivity contribution < 1.29 is 18.8 Å². The van der Waals surface area contributed by atoms with Gasteiger partial charge in [0.15, 0.2) is 0 Å². The van der Waals surface area contributed by atoms with Crippen molar-refractivity contribution in [1.82, 2.24) is 0 Å². The zero-order valence-electron chi connectivity index (χ0n) is 21.5. The SMILES string of the molecule is CCN(CC)c1ccc2cc(C(=O)Nc3ccc(N4C(=O)CC(Sc5ccccc5)C4=O)cc3)c(=O)oc2c1. The van der Waals surface area contributed by atoms with Crippen LogP contribution >= 0.6 is 11.8 Å². The molecule has 2 heterocycles. The molecule has 0 bridgehead atoms. The zero-order chi connectivity index (χ0) is 27.5. The lowest BCUT2D eigenvalue weighted by Crippen LogP contribution is -2.31. The number of hydrogen-bond donors (Lipinski definition) is 1. The number of fused-ring (bicyclic) bond motifs is 1. The monoisotopic (exact) mass is 541 g/mol. The van der Waals surface area contributed by atoms with Crippen LogP contribution in [0.5, 0.6) is 0 Å². The van der Waals surface area contributed by atoms with E-state index < -0.39 is 16.8 Å². The van der Waals surface area contributed by atoms with Crippen LogP contribution in [0.15, 0.2) is 93.0 Å². The molecular formula is C30H27N3O5S. The molecule has 8 nitrogen and oxygen atoms in total. The molecule has 1 aliphatic rings. The van der Waals surface area contributed by atoms with Gasteiger partial charge < -0.3 is 14.6 Å². The van der Waals surface area contributed by atoms with E-state index >= 15 is 0 Å². The van der Waals surface area contributed by atoms with Gasteiger partial charge in [0.05, 0.1) is 10.9 Å². The third-order valence-corrected chi connectivity index (χ3v) is 7.80. The van der Waals surface area contributed by atoms with Crippen LogP contribution in [0.25, 0.3) is 11.0 Å². The molecule has 4 aromatic rings. The first kappa shape index (κ1) is 26.2. The van der Waals surface area contributed by atoms with E-state index in [-0.39, 0.29) is 23.8 Å². The Bertz CT molecular complexity index is 1600. The van der Waals surface area contributed by atoms with Gasteiger partial charge in [-0.1, -0.05) is 18.2 Å². The van der Waals surface area contributed by atoms with E-state index in [1.165, 1.54) is 22.7 Å². The molecule has 5 rings (SSSR count). The maximum atomic E-state index is 13.0. The summed E-state index contributed by atoms with van der Waals surface area (Å²) < 4.78 is 5.47. The van der Waals surface area contributed by atoms with Crippen LogP contribution in [0.3, 0.4) is 0 Å². The summed E-state index contributed by atoms with van der Waals surface area (Å²) in [6, 6.07) is 22.9. The van der Waals surface area contributed by atoms with E-state index in [1.807, 2.05) is 56.3 Å². The average molecular weight is 542 g/mol. The minimum atomic E-state index is -0.733. The second kappa shape index (κ2) is 11.2. The van der Waals surface area contributed by atoms with E-state index in [9.17, 15) is 19.2 Å². The molecule has 0 saturated carbocycles. The molecule has 198 valence electrons. The Morgan fingerprint density at radius 1 is 0.974 bits per heavy atom. The normalized spacial score (nSPS) is 15.1. The van der Waals surface area contributed by atoms with E-state index in [0.717, 1.165) is 23.7 Å². The summed E-state index contributed by atoms with van der Waals surface area (Å²) >= 11 is 1.37. The van der Waals surface area contributed by atoms with E-state index in [2.05, 4.69) is 10.2 Å². The number of nitrogens with one attached hydrogen (secondary N) is 1. The standard InChI is InChI=1S/C30H27N3O5S/c1-3-32(4-2)22-13-10-19-16-24(30(37)38-25(19)17-22)28(35)31-20-11-14-21(15-12-20)33-27(34)18-26(29(33)36)39-23-8-6-5-7-9-23/h5-17,26H,3-4,18H2,1-2H3,(H,31,35). The number of rotatable bonds is 8. The Morgan fingerprint density at radius 2 is 1.69 bits per heavy atom. The quantitative estimate of drug-likeness (QED) is 0.238. The van der Waals surface area contributed by atoms with Crippen molar-refractivity contribution in [3.8, 4) is 0 Å². The molecular weight excluding hydrogens is 514 g/mol. The highest BCUT2D eigenvalue weighted by Gasteiger charge is 2.40. The fraction of sp³-hybridized carbons (Fsp3) is 0.200. The summed E-state index contributed by atoms with van der Waals surface area (Å²) in [5.41, 5.74) is 1.33. The smallest absolute Gasteiger partial charge is 0.349 e. The third kappa shape index (κ3) is 5.44. The predicted molar refractivity (Wildman–Crippen MR) is 154 cm³/mol. The van der Waals surface area contributed by atoms with Gasteiger partial charge in [-0.2, -0.15) is 0 Å². The topological polar surface area (TPSA) is 99.9 Å². The summed E-state index contributed by atoms with van der Waals surface area (Å²) in [5, 5.41) is 2.84. The largest absolute Gasteiger partial charge is 0.422 e. The van der Waals surface area contributed by atoms with Gasteiger partial charge in [0.1, 0.15) is 11.1 Å². The maximum Gasteiger partial charge on any atom is 0.349 e. The van der Waals surface area contributed by atoms with Crippen LogP contribution in [0.4, 0.5) is 17.1 Å². The lowest BCUT2D eigenvalue weighted by molar-refractivity contribution is -0.121. The van der Waals surface area contributed by atoms with Gasteiger partial charge in [-0.05, 0) is 68.4 Å². The van der Waals surface area contributed by atoms with E-state index in [1.54, 1.807) is 30.3 Å². The van der Waals surface area contributed by atoms with Gasteiger partial charge in [0.2, 0.25) is 11.8 Å². The Kier molecular flexibility index (Phi) is 7.51. The number of carbonyl (C=O) groups excluding carboxylic acids is 3. The van der Waals surface area contributed by atoms with Gasteiger partial charge in [-0.3, -0.25) is 14.4 Å². The average Bonchev–Trinajstić information content (AvgIpc) is 3.22. The summed E-state index contributed by atoms with van der Waals surface area (Å²) in [6.45, 7) is 5.73. The first-order chi connectivity index (χ1) is 18.9. The van der Waals surface area contributed by atoms with Crippen LogP contribution in [0, 0.1) is 0 Å². The molecule has 1 atom stereocenters. The number of benzene rings is 3. The van der Waals surface area contributed by atoms with Gasteiger partial charge in [-0.25, -0.2) is 9.69 Å². The molecule has 9 heteroatoms. The second-order valence-corrected chi connectivity index (χ2v) is 10.3. The van der Waals surface area contributed by atoms with Crippen molar-refractivity contribution in [1.29, 1.82) is 0 Å². The van der Waals surface area contributed by atoms with E-state index in [4.69, 9.17) is 4.42 Å². The van der Waals surface area contributed by atoms with E-state index in [0.29, 0.717) is 22.3 Å². The van der Waals surface area contributed by atoms with Crippen molar-refractivity contribution in [3.05, 3.63) is 94.8 Å². The van der Waals surface area contributed by atoms with Crippen molar-refractivity contribution >= 4 is 57.5 Å². The van der Waals surface area contributed by atoms with Crippen molar-refractivity contribution in [3.63, 3.8) is 0 Å². The fourth-order valence-corrected chi connectivity index (χ4v) is 5.64. The molecule has 1 saturated heterocycles. The summed E-state index contributed by atoms with van der Waals surface area (Å²) in [6.07, 6.45) is 0.116. The molecule has 0 radical (unpaired) electrons. The van der Waals surface area contributed by atoms with Crippen molar-refractivity contribution in [2.45, 2.75) is 30.4 Å². The predicted octanol–water partition coefficient (Wildman–Crippen LogP) is 5.32. The summed E-state index contributed by atoms with van der Waals surface area (Å²) in [7, 11) is 0. The minimum absolute atomic E-state index is 0.116. The first-order valence-corrected chi connectivity index (χ1v) is 13.6. The molecule has 3 amide bonds. The lowest BCUT2D eigenvalue weighted by Gasteiger charge is -2.21. The van der Waals surface area contributed by atoms with Crippen molar-refractivity contribution in [2.24, 2.45) is 0 Å². The van der Waals surface area contributed by atoms with Gasteiger partial charge in [-0.15, -0.1) is 11.8 Å². The molecule has 1 unspecified atom stereocenters. The highest BCUT2D eigenvalue weighted by Crippen LogP contribution is 2.34. The van der Waals surface area contributed by atoms with Crippen LogP contribution in [0.2, 0.25) is 0 Å². The Balaban J connectivity index is 1.29. The molecule has 0 spiro atoms. The molecule has 1 N–H and O–H groups in total. The first-order valence-electron chi connectivity index (χ1n) is 12.7. The third-order valence-electron chi connectivity index (χ3n) is 6.60. The van der Waals surface area contributed by atoms with Crippen LogP contribution < -0.4 is 20.7 Å². The molecule has 1 aliphatic heterocycles. The Hall–Kier alpha value is -4.37. The van der Waals surface area contributed by atoms with Gasteiger partial charge in [0.25, 0.3) is 5.91 Å². The molecule has 0 aliphatic carbocycles. The van der Waals surface area contributed by atoms with Crippen LogP contribution in [-0.4, -0.2) is 36.1 Å². The minimum Gasteiger partial charge on any atom is -0.422 e. The van der Waals surface area contributed by atoms with Gasteiger partial charge in [0, 0.05) is 47.2 Å². The Morgan fingerprint density at radius 3 is 2.38 bits per heavy atom. The molecule has 1 aromatic heterocycles. The zero-order valence-corrected chi connectivity index (χ0v) is 22.4. The summed E-state index contributed by atoms with van der Waals surface area (Å²) in [5.74, 6) is -1.16. The number of amides is 3. The highest BCUT2D eigenvalue weighted by atomic mass is 32.2. The number of carbonyl (C=O) groups is 3. The molecule has 3 aromatic carbocycles. The number of anilines is 3. The number of thioether (sulfide) groups is 1. The van der Waals surface area contributed by atoms with Crippen LogP contribution in [0.1, 0.15) is 30.6 Å².